The first-order valence-electron chi connectivity index (χ1n) is 8.98. The molecule has 1 fully saturated rings. The van der Waals surface area contributed by atoms with Crippen LogP contribution in [0.1, 0.15) is 32.6 Å². The summed E-state index contributed by atoms with van der Waals surface area (Å²) in [6, 6.07) is 9.11. The molecule has 25 heavy (non-hydrogen) atoms. The van der Waals surface area contributed by atoms with Gasteiger partial charge in [0.15, 0.2) is 0 Å². The number of anilines is 1. The maximum absolute atomic E-state index is 12.6. The molecule has 1 aromatic heterocycles. The number of benzene rings is 1. The fraction of sp³-hybridized carbons (Fsp3) is 0.450. The van der Waals surface area contributed by atoms with Crippen molar-refractivity contribution in [2.45, 2.75) is 38.6 Å². The van der Waals surface area contributed by atoms with Gasteiger partial charge in [-0.3, -0.25) is 4.79 Å². The molecule has 134 valence electrons. The molecule has 1 aromatic carbocycles. The lowest BCUT2D eigenvalue weighted by Gasteiger charge is -2.32. The summed E-state index contributed by atoms with van der Waals surface area (Å²) in [5.74, 6) is 1.35. The number of aromatic amines is 1. The number of methoxy groups -OCH3 is 1. The first-order chi connectivity index (χ1) is 12.1. The average Bonchev–Trinajstić information content (AvgIpc) is 3.15. The van der Waals surface area contributed by atoms with E-state index in [-0.39, 0.29) is 11.8 Å². The Hall–Kier alpha value is -2.27. The van der Waals surface area contributed by atoms with Gasteiger partial charge in [-0.05, 0) is 42.5 Å². The van der Waals surface area contributed by atoms with Crippen LogP contribution in [0.3, 0.4) is 0 Å². The van der Waals surface area contributed by atoms with E-state index in [1.165, 1.54) is 6.42 Å². The van der Waals surface area contributed by atoms with Crippen LogP contribution in [0.15, 0.2) is 36.5 Å². The van der Waals surface area contributed by atoms with Crippen molar-refractivity contribution in [2.75, 3.05) is 12.4 Å². The number of ether oxygens (including phenoxy) is 1. The first kappa shape index (κ1) is 17.5. The van der Waals surface area contributed by atoms with Crippen LogP contribution in [-0.2, 0) is 4.79 Å². The van der Waals surface area contributed by atoms with Gasteiger partial charge in [0.05, 0.1) is 13.2 Å². The fourth-order valence-electron chi connectivity index (χ4n) is 3.79. The minimum absolute atomic E-state index is 0.117. The monoisotopic (exact) mass is 341 g/mol. The van der Waals surface area contributed by atoms with E-state index in [0.29, 0.717) is 17.4 Å². The second kappa shape index (κ2) is 7.74. The molecule has 1 aliphatic carbocycles. The molecule has 5 heteroatoms. The third-order valence-corrected chi connectivity index (χ3v) is 5.30. The van der Waals surface area contributed by atoms with Crippen LogP contribution in [0.25, 0.3) is 11.3 Å². The summed E-state index contributed by atoms with van der Waals surface area (Å²) in [5.41, 5.74) is 8.89. The number of carbonyl (C=O) groups excluding carboxylic acids is 1. The molecule has 0 saturated heterocycles. The number of nitrogens with one attached hydrogen (secondary N) is 2. The van der Waals surface area contributed by atoms with Crippen molar-refractivity contribution in [3.63, 3.8) is 0 Å². The zero-order valence-electron chi connectivity index (χ0n) is 14.9. The Bertz CT molecular complexity index is 712. The molecule has 3 atom stereocenters. The lowest BCUT2D eigenvalue weighted by atomic mass is 9.76. The smallest absolute Gasteiger partial charge is 0.241 e. The van der Waals surface area contributed by atoms with E-state index in [2.05, 4.69) is 17.2 Å². The van der Waals surface area contributed by atoms with Crippen molar-refractivity contribution >= 4 is 11.6 Å². The lowest BCUT2D eigenvalue weighted by molar-refractivity contribution is -0.119. The maximum Gasteiger partial charge on any atom is 0.241 e. The van der Waals surface area contributed by atoms with Gasteiger partial charge >= 0.3 is 0 Å². The highest BCUT2D eigenvalue weighted by atomic mass is 16.5. The first-order valence-corrected chi connectivity index (χ1v) is 8.98. The molecule has 1 aliphatic rings. The van der Waals surface area contributed by atoms with E-state index in [1.807, 2.05) is 36.5 Å². The van der Waals surface area contributed by atoms with Crippen LogP contribution < -0.4 is 15.8 Å². The van der Waals surface area contributed by atoms with E-state index in [0.717, 1.165) is 30.5 Å². The molecule has 3 unspecified atom stereocenters. The maximum atomic E-state index is 12.6. The van der Waals surface area contributed by atoms with Gasteiger partial charge in [0.25, 0.3) is 0 Å². The summed E-state index contributed by atoms with van der Waals surface area (Å²) >= 11 is 0. The lowest BCUT2D eigenvalue weighted by Crippen LogP contribution is -2.45. The highest BCUT2D eigenvalue weighted by Crippen LogP contribution is 2.33. The van der Waals surface area contributed by atoms with Crippen LogP contribution in [0, 0.1) is 11.8 Å². The number of amides is 1. The molecule has 1 amide bonds. The SMILES string of the molecule is COc1cc(NC(=O)C(N)C2CCCCC2C)ccc1-c1ccc[nH]1. The number of nitrogens with two attached hydrogens (primary N) is 1. The van der Waals surface area contributed by atoms with E-state index in [4.69, 9.17) is 10.5 Å². The van der Waals surface area contributed by atoms with Gasteiger partial charge in [-0.2, -0.15) is 0 Å². The van der Waals surface area contributed by atoms with Gasteiger partial charge in [0.1, 0.15) is 5.75 Å². The number of hydrogen-bond donors (Lipinski definition) is 3. The highest BCUT2D eigenvalue weighted by Gasteiger charge is 2.31. The summed E-state index contributed by atoms with van der Waals surface area (Å²) in [6.45, 7) is 2.20. The predicted octanol–water partition coefficient (Wildman–Crippen LogP) is 3.78. The van der Waals surface area contributed by atoms with Crippen LogP contribution in [0.4, 0.5) is 5.69 Å². The second-order valence-corrected chi connectivity index (χ2v) is 6.94. The topological polar surface area (TPSA) is 80.1 Å². The molecule has 1 saturated carbocycles. The van der Waals surface area contributed by atoms with Crippen molar-refractivity contribution in [3.8, 4) is 17.0 Å². The Labute approximate surface area is 149 Å². The van der Waals surface area contributed by atoms with Crippen LogP contribution >= 0.6 is 0 Å². The fourth-order valence-corrected chi connectivity index (χ4v) is 3.79. The quantitative estimate of drug-likeness (QED) is 0.774. The van der Waals surface area contributed by atoms with E-state index < -0.39 is 6.04 Å². The van der Waals surface area contributed by atoms with E-state index >= 15 is 0 Å². The third-order valence-electron chi connectivity index (χ3n) is 5.30. The minimum Gasteiger partial charge on any atom is -0.496 e. The summed E-state index contributed by atoms with van der Waals surface area (Å²) < 4.78 is 5.48. The molecule has 0 radical (unpaired) electrons. The molecule has 0 spiro atoms. The van der Waals surface area contributed by atoms with Gasteiger partial charge < -0.3 is 20.8 Å². The molecule has 3 rings (SSSR count). The largest absolute Gasteiger partial charge is 0.496 e. The van der Waals surface area contributed by atoms with Crippen molar-refractivity contribution in [3.05, 3.63) is 36.5 Å². The minimum atomic E-state index is -0.468. The van der Waals surface area contributed by atoms with Gasteiger partial charge in [-0.1, -0.05) is 26.2 Å². The normalized spacial score (nSPS) is 21.6. The third kappa shape index (κ3) is 3.87. The Morgan fingerprint density at radius 3 is 2.80 bits per heavy atom. The summed E-state index contributed by atoms with van der Waals surface area (Å²) in [4.78, 5) is 15.8. The van der Waals surface area contributed by atoms with Crippen molar-refractivity contribution < 1.29 is 9.53 Å². The molecule has 0 aliphatic heterocycles. The molecule has 0 bridgehead atoms. The van der Waals surface area contributed by atoms with Crippen LogP contribution in [-0.4, -0.2) is 24.0 Å². The summed E-state index contributed by atoms with van der Waals surface area (Å²) in [5, 5.41) is 2.95. The van der Waals surface area contributed by atoms with Crippen LogP contribution in [0.2, 0.25) is 0 Å². The average molecular weight is 341 g/mol. The number of H-pyrrole nitrogens is 1. The Kier molecular flexibility index (Phi) is 5.43. The highest BCUT2D eigenvalue weighted by molar-refractivity contribution is 5.95. The zero-order chi connectivity index (χ0) is 17.8. The number of aromatic nitrogens is 1. The van der Waals surface area contributed by atoms with Gasteiger partial charge in [-0.25, -0.2) is 0 Å². The van der Waals surface area contributed by atoms with Crippen molar-refractivity contribution in [2.24, 2.45) is 17.6 Å². The zero-order valence-corrected chi connectivity index (χ0v) is 14.9. The van der Waals surface area contributed by atoms with Gasteiger partial charge in [-0.15, -0.1) is 0 Å². The Balaban J connectivity index is 1.73. The number of carbonyl (C=O) groups is 1. The summed E-state index contributed by atoms with van der Waals surface area (Å²) in [7, 11) is 1.63. The number of hydrogen-bond acceptors (Lipinski definition) is 3. The number of rotatable bonds is 5. The molecular formula is C20H27N3O2. The van der Waals surface area contributed by atoms with Gasteiger partial charge in [0, 0.05) is 29.2 Å². The van der Waals surface area contributed by atoms with Crippen molar-refractivity contribution in [1.29, 1.82) is 0 Å². The molecule has 1 heterocycles. The Morgan fingerprint density at radius 2 is 2.12 bits per heavy atom. The molecule has 2 aromatic rings. The standard InChI is InChI=1S/C20H27N3O2/c1-13-6-3-4-7-15(13)19(21)20(24)23-14-9-10-16(18(12-14)25-2)17-8-5-11-22-17/h5,8-13,15,19,22H,3-4,6-7,21H2,1-2H3,(H,23,24). The Morgan fingerprint density at radius 1 is 1.32 bits per heavy atom. The molecular weight excluding hydrogens is 314 g/mol. The molecule has 5 nitrogen and oxygen atoms in total. The van der Waals surface area contributed by atoms with Crippen molar-refractivity contribution in [1.82, 2.24) is 4.98 Å². The van der Waals surface area contributed by atoms with Crippen LogP contribution in [0.5, 0.6) is 5.75 Å². The van der Waals surface area contributed by atoms with E-state index in [9.17, 15) is 4.79 Å². The predicted molar refractivity (Wildman–Crippen MR) is 101 cm³/mol. The van der Waals surface area contributed by atoms with Gasteiger partial charge in [0.2, 0.25) is 5.91 Å². The second-order valence-electron chi connectivity index (χ2n) is 6.94. The summed E-state index contributed by atoms with van der Waals surface area (Å²) in [6.07, 6.45) is 6.46. The van der Waals surface area contributed by atoms with E-state index in [1.54, 1.807) is 7.11 Å². The molecule has 4 N–H and O–H groups in total.